The number of aryl methyl sites for hydroxylation is 1. The highest BCUT2D eigenvalue weighted by Crippen LogP contribution is 2.44. The van der Waals surface area contributed by atoms with Crippen molar-refractivity contribution in [3.8, 4) is 5.75 Å². The maximum Gasteiger partial charge on any atom is 0.174 e. The molecule has 1 aliphatic heterocycles. The number of halogens is 1. The lowest BCUT2D eigenvalue weighted by Crippen LogP contribution is -2.30. The largest absolute Gasteiger partial charge is 0.506 e. The van der Waals surface area contributed by atoms with Crippen LogP contribution in [0.25, 0.3) is 0 Å². The average Bonchev–Trinajstić information content (AvgIpc) is 3.20. The van der Waals surface area contributed by atoms with Gasteiger partial charge in [0.05, 0.1) is 17.4 Å². The molecule has 3 heterocycles. The number of rotatable bonds is 3. The van der Waals surface area contributed by atoms with Crippen LogP contribution in [0.5, 0.6) is 5.75 Å². The topological polar surface area (TPSA) is 53.3 Å². The number of thiocarbonyl (C=S) groups is 1. The minimum atomic E-state index is -0.179. The molecule has 132 valence electrons. The summed E-state index contributed by atoms with van der Waals surface area (Å²) in [4.78, 5) is 6.41. The molecule has 1 fully saturated rings. The number of aromatic nitrogens is 2. The summed E-state index contributed by atoms with van der Waals surface area (Å²) in [7, 11) is 1.99. The van der Waals surface area contributed by atoms with E-state index in [9.17, 15) is 5.11 Å². The number of benzene rings is 1. The Morgan fingerprint density at radius 3 is 2.73 bits per heavy atom. The van der Waals surface area contributed by atoms with Gasteiger partial charge in [0.2, 0.25) is 0 Å². The molecule has 1 saturated heterocycles. The van der Waals surface area contributed by atoms with E-state index in [1.54, 1.807) is 24.4 Å². The van der Waals surface area contributed by atoms with E-state index in [1.807, 2.05) is 53.0 Å². The van der Waals surface area contributed by atoms with Crippen molar-refractivity contribution in [3.63, 3.8) is 0 Å². The van der Waals surface area contributed by atoms with Crippen LogP contribution in [0.2, 0.25) is 5.02 Å². The molecule has 0 unspecified atom stereocenters. The fourth-order valence-electron chi connectivity index (χ4n) is 3.39. The van der Waals surface area contributed by atoms with E-state index in [0.29, 0.717) is 15.8 Å². The first-order valence-corrected chi connectivity index (χ1v) is 8.95. The maximum absolute atomic E-state index is 10.4. The van der Waals surface area contributed by atoms with Gasteiger partial charge < -0.3 is 19.9 Å². The highest BCUT2D eigenvalue weighted by atomic mass is 35.5. The minimum Gasteiger partial charge on any atom is -0.506 e. The molecule has 0 aliphatic carbocycles. The lowest BCUT2D eigenvalue weighted by atomic mass is 10.0. The summed E-state index contributed by atoms with van der Waals surface area (Å²) in [6.45, 7) is 0. The number of hydrogen-bond acceptors (Lipinski definition) is 3. The number of pyridine rings is 1. The van der Waals surface area contributed by atoms with Crippen molar-refractivity contribution in [1.82, 2.24) is 14.9 Å². The zero-order valence-electron chi connectivity index (χ0n) is 14.0. The maximum atomic E-state index is 10.4. The van der Waals surface area contributed by atoms with E-state index < -0.39 is 0 Å². The molecule has 1 aliphatic rings. The Morgan fingerprint density at radius 2 is 2.04 bits per heavy atom. The molecule has 7 heteroatoms. The number of phenols is 1. The Morgan fingerprint density at radius 1 is 1.19 bits per heavy atom. The molecule has 0 amide bonds. The van der Waals surface area contributed by atoms with Gasteiger partial charge in [-0.2, -0.15) is 0 Å². The average molecular weight is 385 g/mol. The molecular weight excluding hydrogens is 368 g/mol. The number of nitrogens with one attached hydrogen (secondary N) is 1. The van der Waals surface area contributed by atoms with Crippen LogP contribution in [0.1, 0.15) is 23.5 Å². The Hall–Kier alpha value is -2.57. The smallest absolute Gasteiger partial charge is 0.174 e. The van der Waals surface area contributed by atoms with Crippen molar-refractivity contribution in [2.75, 3.05) is 4.90 Å². The van der Waals surface area contributed by atoms with Crippen LogP contribution >= 0.6 is 23.8 Å². The molecule has 2 atom stereocenters. The van der Waals surface area contributed by atoms with Gasteiger partial charge in [0.1, 0.15) is 11.8 Å². The second kappa shape index (κ2) is 6.63. The van der Waals surface area contributed by atoms with E-state index in [4.69, 9.17) is 23.8 Å². The van der Waals surface area contributed by atoms with Crippen molar-refractivity contribution in [2.24, 2.45) is 7.05 Å². The van der Waals surface area contributed by atoms with Gasteiger partial charge in [0.15, 0.2) is 5.11 Å². The number of hydrogen-bond donors (Lipinski definition) is 2. The van der Waals surface area contributed by atoms with Gasteiger partial charge in [-0.05, 0) is 54.7 Å². The fraction of sp³-hybridized carbons (Fsp3) is 0.158. The van der Waals surface area contributed by atoms with Crippen molar-refractivity contribution < 1.29 is 5.11 Å². The summed E-state index contributed by atoms with van der Waals surface area (Å²) in [6.07, 6.45) is 3.75. The summed E-state index contributed by atoms with van der Waals surface area (Å²) in [5.41, 5.74) is 2.50. The van der Waals surface area contributed by atoms with Crippen LogP contribution in [0.15, 0.2) is 60.9 Å². The lowest BCUT2D eigenvalue weighted by molar-refractivity contribution is 0.471. The standard InChI is InChI=1S/C19H17ClN4OS/c1-23-10-4-6-14(23)18-17(13-5-2-3-9-21-13)22-19(26)24(18)15-11-12(20)7-8-16(15)25/h2-11,17-18,25H,1H3,(H,22,26)/t17-,18+/m0/s1. The van der Waals surface area contributed by atoms with Gasteiger partial charge in [-0.15, -0.1) is 0 Å². The molecule has 26 heavy (non-hydrogen) atoms. The fourth-order valence-corrected chi connectivity index (χ4v) is 3.89. The van der Waals surface area contributed by atoms with E-state index in [2.05, 4.69) is 10.3 Å². The number of phenolic OH excluding ortho intramolecular Hbond substituents is 1. The van der Waals surface area contributed by atoms with Crippen LogP contribution in [-0.2, 0) is 7.05 Å². The third kappa shape index (κ3) is 2.81. The second-order valence-electron chi connectivity index (χ2n) is 6.17. The van der Waals surface area contributed by atoms with Crippen LogP contribution < -0.4 is 10.2 Å². The first-order valence-electron chi connectivity index (χ1n) is 8.16. The van der Waals surface area contributed by atoms with Crippen LogP contribution in [0, 0.1) is 0 Å². The van der Waals surface area contributed by atoms with Gasteiger partial charge in [-0.1, -0.05) is 17.7 Å². The van der Waals surface area contributed by atoms with Gasteiger partial charge in [-0.3, -0.25) is 4.98 Å². The highest BCUT2D eigenvalue weighted by molar-refractivity contribution is 7.80. The summed E-state index contributed by atoms with van der Waals surface area (Å²) < 4.78 is 2.05. The first kappa shape index (κ1) is 16.9. The van der Waals surface area contributed by atoms with Crippen molar-refractivity contribution in [1.29, 1.82) is 0 Å². The summed E-state index contributed by atoms with van der Waals surface area (Å²) in [6, 6.07) is 14.5. The molecule has 0 bridgehead atoms. The lowest BCUT2D eigenvalue weighted by Gasteiger charge is -2.28. The zero-order valence-corrected chi connectivity index (χ0v) is 15.6. The quantitative estimate of drug-likeness (QED) is 0.669. The highest BCUT2D eigenvalue weighted by Gasteiger charge is 2.42. The van der Waals surface area contributed by atoms with E-state index in [0.717, 1.165) is 11.4 Å². The normalized spacial score (nSPS) is 19.6. The minimum absolute atomic E-state index is 0.124. The molecule has 0 spiro atoms. The Labute approximate surface area is 161 Å². The summed E-state index contributed by atoms with van der Waals surface area (Å²) in [5, 5.41) is 14.9. The molecule has 3 aromatic rings. The molecule has 2 N–H and O–H groups in total. The van der Waals surface area contributed by atoms with E-state index in [1.165, 1.54) is 0 Å². The van der Waals surface area contributed by atoms with Crippen LogP contribution in [0.3, 0.4) is 0 Å². The molecule has 2 aromatic heterocycles. The Balaban J connectivity index is 1.88. The zero-order chi connectivity index (χ0) is 18.3. The second-order valence-corrected chi connectivity index (χ2v) is 7.00. The van der Waals surface area contributed by atoms with Crippen LogP contribution in [-0.4, -0.2) is 19.8 Å². The SMILES string of the molecule is Cn1cccc1[C@@H]1[C@H](c2ccccn2)NC(=S)N1c1cc(Cl)ccc1O. The van der Waals surface area contributed by atoms with Crippen LogP contribution in [0.4, 0.5) is 5.69 Å². The molecule has 1 aromatic carbocycles. The van der Waals surface area contributed by atoms with Crippen molar-refractivity contribution in [3.05, 3.63) is 77.3 Å². The predicted octanol–water partition coefficient (Wildman–Crippen LogP) is 3.96. The van der Waals surface area contributed by atoms with Crippen molar-refractivity contribution in [2.45, 2.75) is 12.1 Å². The molecule has 4 rings (SSSR count). The number of anilines is 1. The third-order valence-corrected chi connectivity index (χ3v) is 5.13. The van der Waals surface area contributed by atoms with E-state index in [-0.39, 0.29) is 17.8 Å². The monoisotopic (exact) mass is 384 g/mol. The molecular formula is C19H17ClN4OS. The molecule has 0 saturated carbocycles. The third-order valence-electron chi connectivity index (χ3n) is 4.58. The summed E-state index contributed by atoms with van der Waals surface area (Å²) >= 11 is 11.8. The van der Waals surface area contributed by atoms with Gasteiger partial charge in [0, 0.05) is 30.2 Å². The molecule has 0 radical (unpaired) electrons. The number of aromatic hydroxyl groups is 1. The Kier molecular flexibility index (Phi) is 4.30. The Bertz CT molecular complexity index is 959. The molecule has 5 nitrogen and oxygen atoms in total. The first-order chi connectivity index (χ1) is 12.6. The predicted molar refractivity (Wildman–Crippen MR) is 106 cm³/mol. The number of nitrogens with zero attached hydrogens (tertiary/aromatic N) is 3. The van der Waals surface area contributed by atoms with E-state index >= 15 is 0 Å². The van der Waals surface area contributed by atoms with Crippen molar-refractivity contribution >= 4 is 34.6 Å². The van der Waals surface area contributed by atoms with Gasteiger partial charge in [0.25, 0.3) is 0 Å². The summed E-state index contributed by atoms with van der Waals surface area (Å²) in [5.74, 6) is 0.124. The van der Waals surface area contributed by atoms with Gasteiger partial charge in [-0.25, -0.2) is 0 Å². The van der Waals surface area contributed by atoms with Gasteiger partial charge >= 0.3 is 0 Å².